The third-order valence-corrected chi connectivity index (χ3v) is 6.89. The fraction of sp³-hybridized carbons (Fsp3) is 0.640. The van der Waals surface area contributed by atoms with Crippen LogP contribution in [-0.4, -0.2) is 34.0 Å². The molecule has 31 heavy (non-hydrogen) atoms. The smallest absolute Gasteiger partial charge is 0.417 e. The predicted octanol–water partition coefficient (Wildman–Crippen LogP) is 5.57. The van der Waals surface area contributed by atoms with Crippen molar-refractivity contribution in [3.8, 4) is 0 Å². The van der Waals surface area contributed by atoms with Crippen LogP contribution in [0.1, 0.15) is 83.3 Å². The van der Waals surface area contributed by atoms with Crippen molar-refractivity contribution < 1.29 is 24.2 Å². The lowest BCUT2D eigenvalue weighted by Crippen LogP contribution is -2.42. The molecular weight excluding hydrogens is 394 g/mol. The van der Waals surface area contributed by atoms with Gasteiger partial charge in [-0.15, -0.1) is 0 Å². The van der Waals surface area contributed by atoms with E-state index in [9.17, 15) is 19.5 Å². The summed E-state index contributed by atoms with van der Waals surface area (Å²) in [7, 11) is 0. The Hall–Kier alpha value is -2.37. The zero-order valence-electron chi connectivity index (χ0n) is 18.7. The zero-order valence-corrected chi connectivity index (χ0v) is 18.7. The van der Waals surface area contributed by atoms with Crippen LogP contribution in [0.2, 0.25) is 0 Å². The molecule has 1 N–H and O–H groups in total. The van der Waals surface area contributed by atoms with Crippen LogP contribution in [0.15, 0.2) is 30.3 Å². The van der Waals surface area contributed by atoms with Crippen LogP contribution in [0.4, 0.5) is 4.79 Å². The number of aliphatic carboxylic acids is 1. The topological polar surface area (TPSA) is 83.9 Å². The highest BCUT2D eigenvalue weighted by Gasteiger charge is 2.45. The molecule has 170 valence electrons. The highest BCUT2D eigenvalue weighted by Crippen LogP contribution is 2.35. The monoisotopic (exact) mass is 429 g/mol. The fourth-order valence-electron chi connectivity index (χ4n) is 5.12. The van der Waals surface area contributed by atoms with E-state index in [-0.39, 0.29) is 12.3 Å². The average Bonchev–Trinajstić information content (AvgIpc) is 3.06. The van der Waals surface area contributed by atoms with Gasteiger partial charge in [-0.25, -0.2) is 9.69 Å². The minimum absolute atomic E-state index is 0.231. The maximum atomic E-state index is 13.3. The Bertz CT molecular complexity index is 758. The molecule has 1 aromatic carbocycles. The third kappa shape index (κ3) is 6.08. The molecule has 0 bridgehead atoms. The summed E-state index contributed by atoms with van der Waals surface area (Å²) in [5, 5.41) is 9.40. The first-order valence-corrected chi connectivity index (χ1v) is 11.7. The summed E-state index contributed by atoms with van der Waals surface area (Å²) in [6.07, 6.45) is 7.61. The lowest BCUT2D eigenvalue weighted by molar-refractivity contribution is -0.144. The van der Waals surface area contributed by atoms with Crippen LogP contribution in [-0.2, 0) is 14.3 Å². The van der Waals surface area contributed by atoms with E-state index < -0.39 is 36.0 Å². The van der Waals surface area contributed by atoms with Gasteiger partial charge in [0.1, 0.15) is 6.10 Å². The molecule has 1 heterocycles. The lowest BCUT2D eigenvalue weighted by atomic mass is 9.82. The number of nitrogens with zero attached hydrogens (tertiary/aromatic N) is 1. The Morgan fingerprint density at radius 2 is 1.84 bits per heavy atom. The maximum Gasteiger partial charge on any atom is 0.417 e. The summed E-state index contributed by atoms with van der Waals surface area (Å²) >= 11 is 0. The number of rotatable bonds is 9. The summed E-state index contributed by atoms with van der Waals surface area (Å²) in [4.78, 5) is 38.5. The minimum Gasteiger partial charge on any atom is -0.481 e. The van der Waals surface area contributed by atoms with Crippen molar-refractivity contribution in [3.05, 3.63) is 35.9 Å². The molecule has 2 amide bonds. The molecular formula is C25H35NO5. The highest BCUT2D eigenvalue weighted by atomic mass is 16.6. The lowest BCUT2D eigenvalue weighted by Gasteiger charge is -2.27. The van der Waals surface area contributed by atoms with Crippen LogP contribution in [0.25, 0.3) is 0 Å². The normalized spacial score (nSPS) is 23.9. The van der Waals surface area contributed by atoms with Crippen LogP contribution < -0.4 is 0 Å². The molecule has 4 atom stereocenters. The van der Waals surface area contributed by atoms with Crippen molar-refractivity contribution in [2.45, 2.75) is 83.8 Å². The zero-order chi connectivity index (χ0) is 22.4. The maximum absolute atomic E-state index is 13.3. The van der Waals surface area contributed by atoms with E-state index in [0.29, 0.717) is 6.42 Å². The first kappa shape index (κ1) is 23.3. The molecule has 0 radical (unpaired) electrons. The minimum atomic E-state index is -1.02. The van der Waals surface area contributed by atoms with Gasteiger partial charge in [-0.1, -0.05) is 82.2 Å². The third-order valence-electron chi connectivity index (χ3n) is 6.89. The Morgan fingerprint density at radius 1 is 1.16 bits per heavy atom. The molecule has 3 rings (SSSR count). The van der Waals surface area contributed by atoms with Gasteiger partial charge in [-0.3, -0.25) is 9.59 Å². The first-order chi connectivity index (χ1) is 14.9. The van der Waals surface area contributed by atoms with Crippen LogP contribution >= 0.6 is 0 Å². The molecule has 0 spiro atoms. The van der Waals surface area contributed by atoms with Crippen LogP contribution in [0.3, 0.4) is 0 Å². The molecule has 6 heteroatoms. The number of carboxylic acid groups (broad SMARTS) is 1. The Balaban J connectivity index is 1.64. The van der Waals surface area contributed by atoms with Crippen molar-refractivity contribution in [1.29, 1.82) is 0 Å². The Morgan fingerprint density at radius 3 is 2.48 bits per heavy atom. The summed E-state index contributed by atoms with van der Waals surface area (Å²) in [6.45, 7) is 3.87. The molecule has 6 nitrogen and oxygen atoms in total. The van der Waals surface area contributed by atoms with E-state index in [1.54, 1.807) is 6.92 Å². The van der Waals surface area contributed by atoms with Gasteiger partial charge in [0, 0.05) is 5.92 Å². The number of carbonyl (C=O) groups is 3. The van der Waals surface area contributed by atoms with E-state index in [4.69, 9.17) is 4.74 Å². The summed E-state index contributed by atoms with van der Waals surface area (Å²) in [6, 6.07) is 8.86. The molecule has 2 aliphatic rings. The first-order valence-electron chi connectivity index (χ1n) is 11.7. The second kappa shape index (κ2) is 10.8. The molecule has 0 unspecified atom stereocenters. The predicted molar refractivity (Wildman–Crippen MR) is 117 cm³/mol. The number of carbonyl (C=O) groups excluding carboxylic acids is 2. The Labute approximate surface area is 185 Å². The number of ether oxygens (including phenoxy) is 1. The second-order valence-corrected chi connectivity index (χ2v) is 9.38. The SMILES string of the molecule is C[C@H](CCC1CCCCC1)C[C@@H](CC(=O)O)C(=O)N1C(=O)O[C@H](c2ccccc2)[C@H]1C. The van der Waals surface area contributed by atoms with Crippen molar-refractivity contribution in [1.82, 2.24) is 4.90 Å². The quantitative estimate of drug-likeness (QED) is 0.554. The fourth-order valence-corrected chi connectivity index (χ4v) is 5.12. The van der Waals surface area contributed by atoms with Crippen molar-refractivity contribution in [2.24, 2.45) is 17.8 Å². The van der Waals surface area contributed by atoms with E-state index in [1.165, 1.54) is 32.1 Å². The standard InChI is InChI=1S/C25H35NO5/c1-17(13-14-19-9-5-3-6-10-19)15-21(16-22(27)28)24(29)26-18(2)23(31-25(26)30)20-11-7-4-8-12-20/h4,7-8,11-12,17-19,21,23H,3,5-6,9-10,13-16H2,1-2H3,(H,27,28)/t17-,18-,21+,23+/m1/s1. The number of carboxylic acids is 1. The molecule has 1 saturated carbocycles. The van der Waals surface area contributed by atoms with Gasteiger partial charge in [0.15, 0.2) is 0 Å². The number of imide groups is 1. The number of hydrogen-bond acceptors (Lipinski definition) is 4. The number of hydrogen-bond donors (Lipinski definition) is 1. The van der Waals surface area contributed by atoms with Crippen molar-refractivity contribution >= 4 is 18.0 Å². The highest BCUT2D eigenvalue weighted by molar-refractivity contribution is 5.96. The van der Waals surface area contributed by atoms with Crippen molar-refractivity contribution in [3.63, 3.8) is 0 Å². The summed E-state index contributed by atoms with van der Waals surface area (Å²) in [5.41, 5.74) is 0.828. The van der Waals surface area contributed by atoms with Gasteiger partial charge in [0.25, 0.3) is 0 Å². The van der Waals surface area contributed by atoms with Gasteiger partial charge >= 0.3 is 12.1 Å². The average molecular weight is 430 g/mol. The van der Waals surface area contributed by atoms with Gasteiger partial charge in [0.2, 0.25) is 5.91 Å². The Kier molecular flexibility index (Phi) is 8.10. The van der Waals surface area contributed by atoms with E-state index in [2.05, 4.69) is 6.92 Å². The van der Waals surface area contributed by atoms with Crippen LogP contribution in [0, 0.1) is 17.8 Å². The number of amides is 2. The van der Waals surface area contributed by atoms with Gasteiger partial charge in [-0.05, 0) is 30.7 Å². The molecule has 1 aromatic rings. The molecule has 1 aliphatic heterocycles. The van der Waals surface area contributed by atoms with E-state index in [1.807, 2.05) is 30.3 Å². The molecule has 1 saturated heterocycles. The van der Waals surface area contributed by atoms with E-state index in [0.717, 1.165) is 29.2 Å². The number of cyclic esters (lactones) is 1. The number of benzene rings is 1. The largest absolute Gasteiger partial charge is 0.481 e. The van der Waals surface area contributed by atoms with Crippen LogP contribution in [0.5, 0.6) is 0 Å². The molecule has 1 aliphatic carbocycles. The van der Waals surface area contributed by atoms with Gasteiger partial charge in [0.05, 0.1) is 12.5 Å². The van der Waals surface area contributed by atoms with E-state index >= 15 is 0 Å². The molecule has 0 aromatic heterocycles. The van der Waals surface area contributed by atoms with Gasteiger partial charge < -0.3 is 9.84 Å². The summed E-state index contributed by atoms with van der Waals surface area (Å²) in [5.74, 6) is -1.18. The summed E-state index contributed by atoms with van der Waals surface area (Å²) < 4.78 is 5.50. The second-order valence-electron chi connectivity index (χ2n) is 9.38. The molecule has 2 fully saturated rings. The van der Waals surface area contributed by atoms with Crippen molar-refractivity contribution in [2.75, 3.05) is 0 Å². The van der Waals surface area contributed by atoms with Gasteiger partial charge in [-0.2, -0.15) is 0 Å².